The van der Waals surface area contributed by atoms with Crippen LogP contribution in [0.3, 0.4) is 0 Å². The zero-order valence-electron chi connectivity index (χ0n) is 11.8. The number of aliphatic carboxylic acids is 1. The molecular weight excluding hydrogens is 339 g/mol. The van der Waals surface area contributed by atoms with Gasteiger partial charge in [-0.1, -0.05) is 30.0 Å². The van der Waals surface area contributed by atoms with Crippen LogP contribution in [-0.4, -0.2) is 32.7 Å². The minimum Gasteiger partial charge on any atom is -0.481 e. The van der Waals surface area contributed by atoms with Crippen LogP contribution < -0.4 is 0 Å². The van der Waals surface area contributed by atoms with E-state index in [0.29, 0.717) is 21.2 Å². The molecule has 1 fully saturated rings. The molecule has 1 N–H and O–H groups in total. The standard InChI is InChI=1S/C15H11FN2O3S2/c16-11-4-3-9(6-10(11)8-17)7-12-14(21)18(15(22)23-12)5-1-2-13(19)20/h3-4,6-7H,1-2,5H2,(H,19,20)/b12-7+. The lowest BCUT2D eigenvalue weighted by molar-refractivity contribution is -0.137. The number of rotatable bonds is 5. The molecule has 8 heteroatoms. The summed E-state index contributed by atoms with van der Waals surface area (Å²) >= 11 is 6.22. The molecule has 0 saturated carbocycles. The van der Waals surface area contributed by atoms with Gasteiger partial charge in [-0.15, -0.1) is 0 Å². The second-order valence-corrected chi connectivity index (χ2v) is 6.36. The third-order valence-electron chi connectivity index (χ3n) is 3.05. The number of hydrogen-bond acceptors (Lipinski definition) is 5. The number of halogens is 1. The summed E-state index contributed by atoms with van der Waals surface area (Å²) in [6.07, 6.45) is 1.81. The number of amides is 1. The second kappa shape index (κ2) is 7.35. The number of nitrogens with zero attached hydrogens (tertiary/aromatic N) is 2. The van der Waals surface area contributed by atoms with Crippen molar-refractivity contribution in [3.05, 3.63) is 40.0 Å². The molecule has 0 unspecified atom stereocenters. The average molecular weight is 350 g/mol. The Morgan fingerprint density at radius 1 is 1.52 bits per heavy atom. The predicted octanol–water partition coefficient (Wildman–Crippen LogP) is 2.76. The molecule has 1 amide bonds. The Hall–Kier alpha value is -2.24. The molecule has 0 bridgehead atoms. The molecule has 0 aromatic heterocycles. The SMILES string of the molecule is N#Cc1cc(/C=C2/SC(=S)N(CCCC(=O)O)C2=O)ccc1F. The highest BCUT2D eigenvalue weighted by Gasteiger charge is 2.31. The lowest BCUT2D eigenvalue weighted by atomic mass is 10.1. The lowest BCUT2D eigenvalue weighted by Crippen LogP contribution is -2.29. The Kier molecular flexibility index (Phi) is 5.47. The van der Waals surface area contributed by atoms with E-state index >= 15 is 0 Å². The van der Waals surface area contributed by atoms with Crippen molar-refractivity contribution >= 4 is 46.3 Å². The molecule has 2 rings (SSSR count). The Labute approximate surface area is 141 Å². The number of thiocarbonyl (C=S) groups is 1. The highest BCUT2D eigenvalue weighted by atomic mass is 32.2. The maximum absolute atomic E-state index is 13.3. The van der Waals surface area contributed by atoms with Gasteiger partial charge < -0.3 is 5.11 Å². The molecule has 0 atom stereocenters. The van der Waals surface area contributed by atoms with E-state index in [0.717, 1.165) is 17.8 Å². The fraction of sp³-hybridized carbons (Fsp3) is 0.200. The van der Waals surface area contributed by atoms with Gasteiger partial charge in [0.2, 0.25) is 0 Å². The monoisotopic (exact) mass is 350 g/mol. The normalized spacial score (nSPS) is 16.0. The van der Waals surface area contributed by atoms with E-state index in [1.807, 2.05) is 0 Å². The first-order chi connectivity index (χ1) is 10.9. The average Bonchev–Trinajstić information content (AvgIpc) is 2.76. The van der Waals surface area contributed by atoms with Gasteiger partial charge in [-0.2, -0.15) is 5.26 Å². The van der Waals surface area contributed by atoms with Gasteiger partial charge in [-0.3, -0.25) is 14.5 Å². The Morgan fingerprint density at radius 2 is 2.26 bits per heavy atom. The maximum Gasteiger partial charge on any atom is 0.303 e. The van der Waals surface area contributed by atoms with Gasteiger partial charge in [0.15, 0.2) is 0 Å². The second-order valence-electron chi connectivity index (χ2n) is 4.68. The number of carboxylic acid groups (broad SMARTS) is 1. The molecule has 0 aliphatic carbocycles. The minimum absolute atomic E-state index is 0.0421. The van der Waals surface area contributed by atoms with Crippen molar-refractivity contribution in [3.8, 4) is 6.07 Å². The zero-order valence-corrected chi connectivity index (χ0v) is 13.4. The van der Waals surface area contributed by atoms with Crippen molar-refractivity contribution in [2.45, 2.75) is 12.8 Å². The first-order valence-electron chi connectivity index (χ1n) is 6.59. The third-order valence-corrected chi connectivity index (χ3v) is 4.43. The van der Waals surface area contributed by atoms with Crippen LogP contribution in [0.5, 0.6) is 0 Å². The molecule has 23 heavy (non-hydrogen) atoms. The van der Waals surface area contributed by atoms with Gasteiger partial charge in [0.1, 0.15) is 16.2 Å². The van der Waals surface area contributed by atoms with Crippen LogP contribution in [0.4, 0.5) is 4.39 Å². The van der Waals surface area contributed by atoms with Crippen molar-refractivity contribution in [1.82, 2.24) is 4.90 Å². The van der Waals surface area contributed by atoms with Crippen molar-refractivity contribution in [3.63, 3.8) is 0 Å². The Morgan fingerprint density at radius 3 is 2.91 bits per heavy atom. The maximum atomic E-state index is 13.3. The summed E-state index contributed by atoms with van der Waals surface area (Å²) in [5, 5.41) is 17.4. The zero-order chi connectivity index (χ0) is 17.0. The van der Waals surface area contributed by atoms with Gasteiger partial charge >= 0.3 is 5.97 Å². The van der Waals surface area contributed by atoms with E-state index in [-0.39, 0.29) is 24.4 Å². The lowest BCUT2D eigenvalue weighted by Gasteiger charge is -2.13. The van der Waals surface area contributed by atoms with Crippen LogP contribution in [0.2, 0.25) is 0 Å². The summed E-state index contributed by atoms with van der Waals surface area (Å²) in [5.74, 6) is -1.86. The fourth-order valence-corrected chi connectivity index (χ4v) is 3.26. The first kappa shape index (κ1) is 17.1. The number of hydrogen-bond donors (Lipinski definition) is 1. The molecule has 0 spiro atoms. The number of carbonyl (C=O) groups excluding carboxylic acids is 1. The number of nitriles is 1. The molecule has 5 nitrogen and oxygen atoms in total. The van der Waals surface area contributed by atoms with Gasteiger partial charge in [0, 0.05) is 13.0 Å². The predicted molar refractivity (Wildman–Crippen MR) is 87.9 cm³/mol. The summed E-state index contributed by atoms with van der Waals surface area (Å²) in [7, 11) is 0. The molecule has 1 aliphatic rings. The molecule has 1 aromatic carbocycles. The van der Waals surface area contributed by atoms with Crippen LogP contribution in [-0.2, 0) is 9.59 Å². The van der Waals surface area contributed by atoms with E-state index in [4.69, 9.17) is 22.6 Å². The molecule has 1 saturated heterocycles. The first-order valence-corrected chi connectivity index (χ1v) is 7.81. The van der Waals surface area contributed by atoms with Crippen molar-refractivity contribution in [1.29, 1.82) is 5.26 Å². The summed E-state index contributed by atoms with van der Waals surface area (Å²) in [5.41, 5.74) is 0.421. The summed E-state index contributed by atoms with van der Waals surface area (Å²) < 4.78 is 13.7. The van der Waals surface area contributed by atoms with E-state index in [1.165, 1.54) is 23.1 Å². The van der Waals surface area contributed by atoms with E-state index in [2.05, 4.69) is 0 Å². The number of thioether (sulfide) groups is 1. The van der Waals surface area contributed by atoms with E-state index in [1.54, 1.807) is 6.07 Å². The van der Waals surface area contributed by atoms with Crippen LogP contribution in [0.25, 0.3) is 6.08 Å². The number of carboxylic acids is 1. The smallest absolute Gasteiger partial charge is 0.303 e. The summed E-state index contributed by atoms with van der Waals surface area (Å²) in [4.78, 5) is 24.5. The van der Waals surface area contributed by atoms with Crippen LogP contribution >= 0.6 is 24.0 Å². The van der Waals surface area contributed by atoms with Gasteiger partial charge in [-0.25, -0.2) is 4.39 Å². The topological polar surface area (TPSA) is 81.4 Å². The third kappa shape index (κ3) is 4.15. The highest BCUT2D eigenvalue weighted by Crippen LogP contribution is 2.32. The summed E-state index contributed by atoms with van der Waals surface area (Å²) in [6, 6.07) is 5.72. The Bertz CT molecular complexity index is 756. The molecule has 0 radical (unpaired) electrons. The largest absolute Gasteiger partial charge is 0.481 e. The number of benzene rings is 1. The molecule has 1 aliphatic heterocycles. The fourth-order valence-electron chi connectivity index (χ4n) is 1.95. The molecule has 1 heterocycles. The van der Waals surface area contributed by atoms with E-state index in [9.17, 15) is 14.0 Å². The highest BCUT2D eigenvalue weighted by molar-refractivity contribution is 8.26. The molecular formula is C15H11FN2O3S2. The van der Waals surface area contributed by atoms with Crippen LogP contribution in [0.15, 0.2) is 23.1 Å². The molecule has 118 valence electrons. The summed E-state index contributed by atoms with van der Waals surface area (Å²) in [6.45, 7) is 0.237. The quantitative estimate of drug-likeness (QED) is 0.650. The van der Waals surface area contributed by atoms with Crippen LogP contribution in [0.1, 0.15) is 24.0 Å². The van der Waals surface area contributed by atoms with E-state index < -0.39 is 11.8 Å². The van der Waals surface area contributed by atoms with Crippen molar-refractivity contribution in [2.75, 3.05) is 6.54 Å². The van der Waals surface area contributed by atoms with Gasteiger partial charge in [-0.05, 0) is 30.2 Å². The minimum atomic E-state index is -0.929. The Balaban J connectivity index is 2.15. The molecule has 1 aromatic rings. The van der Waals surface area contributed by atoms with Gasteiger partial charge in [0.05, 0.1) is 10.5 Å². The van der Waals surface area contributed by atoms with Crippen molar-refractivity contribution in [2.24, 2.45) is 0 Å². The van der Waals surface area contributed by atoms with Crippen molar-refractivity contribution < 1.29 is 19.1 Å². The van der Waals surface area contributed by atoms with Gasteiger partial charge in [0.25, 0.3) is 5.91 Å². The van der Waals surface area contributed by atoms with Crippen LogP contribution in [0, 0.1) is 17.1 Å². The number of carbonyl (C=O) groups is 2.